The van der Waals surface area contributed by atoms with E-state index in [1.54, 1.807) is 6.07 Å². The van der Waals surface area contributed by atoms with Crippen molar-refractivity contribution in [3.63, 3.8) is 0 Å². The van der Waals surface area contributed by atoms with Gasteiger partial charge in [0.1, 0.15) is 11.6 Å². The lowest BCUT2D eigenvalue weighted by molar-refractivity contribution is -0.137. The summed E-state index contributed by atoms with van der Waals surface area (Å²) in [7, 11) is 0. The molecule has 0 unspecified atom stereocenters. The lowest BCUT2D eigenvalue weighted by Crippen LogP contribution is -2.06. The van der Waals surface area contributed by atoms with Gasteiger partial charge in [0.05, 0.1) is 11.7 Å². The van der Waals surface area contributed by atoms with Gasteiger partial charge in [-0.2, -0.15) is 18.2 Å². The Balaban J connectivity index is 1.71. The minimum atomic E-state index is -4.40. The van der Waals surface area contributed by atoms with Crippen LogP contribution in [0.4, 0.5) is 36.3 Å². The van der Waals surface area contributed by atoms with Crippen molar-refractivity contribution >= 4 is 23.1 Å². The molecular weight excluding hydrogens is 369 g/mol. The highest BCUT2D eigenvalue weighted by Crippen LogP contribution is 2.31. The van der Waals surface area contributed by atoms with Gasteiger partial charge in [0, 0.05) is 17.6 Å². The fraction of sp³-hybridized carbons (Fsp3) is 0.200. The highest BCUT2D eigenvalue weighted by atomic mass is 19.4. The lowest BCUT2D eigenvalue weighted by Gasteiger charge is -2.12. The quantitative estimate of drug-likeness (QED) is 0.561. The summed E-state index contributed by atoms with van der Waals surface area (Å²) in [4.78, 5) is 8.41. The smallest absolute Gasteiger partial charge is 0.416 e. The van der Waals surface area contributed by atoms with Gasteiger partial charge < -0.3 is 15.4 Å². The van der Waals surface area contributed by atoms with Crippen LogP contribution in [0.5, 0.6) is 5.75 Å². The fourth-order valence-corrected chi connectivity index (χ4v) is 2.43. The van der Waals surface area contributed by atoms with E-state index in [0.29, 0.717) is 11.8 Å². The third kappa shape index (κ3) is 5.35. The van der Waals surface area contributed by atoms with Crippen LogP contribution >= 0.6 is 0 Å². The Bertz CT molecular complexity index is 927. The monoisotopic (exact) mass is 388 g/mol. The van der Waals surface area contributed by atoms with Gasteiger partial charge in [-0.1, -0.05) is 6.07 Å². The molecule has 0 radical (unpaired) electrons. The van der Waals surface area contributed by atoms with Crippen molar-refractivity contribution in [1.29, 1.82) is 0 Å². The second kappa shape index (κ2) is 8.16. The number of halogens is 3. The number of benzene rings is 2. The van der Waals surface area contributed by atoms with E-state index in [1.807, 2.05) is 38.1 Å². The predicted molar refractivity (Wildman–Crippen MR) is 102 cm³/mol. The Morgan fingerprint density at radius 3 is 2.36 bits per heavy atom. The molecule has 0 aliphatic carbocycles. The van der Waals surface area contributed by atoms with E-state index >= 15 is 0 Å². The first-order chi connectivity index (χ1) is 13.3. The maximum atomic E-state index is 12.8. The minimum absolute atomic E-state index is 0.0840. The third-order valence-electron chi connectivity index (χ3n) is 3.60. The number of hydrogen-bond acceptors (Lipinski definition) is 5. The number of rotatable bonds is 6. The second-order valence-corrected chi connectivity index (χ2v) is 6.29. The highest BCUT2D eigenvalue weighted by molar-refractivity contribution is 5.60. The SMILES string of the molecule is CC(C)Oc1ccc(Nc2nccc(Nc3cccc(C(F)(F)F)c3)n2)cc1. The normalized spacial score (nSPS) is 11.4. The Labute approximate surface area is 160 Å². The highest BCUT2D eigenvalue weighted by Gasteiger charge is 2.30. The van der Waals surface area contributed by atoms with Crippen LogP contribution in [0.2, 0.25) is 0 Å². The van der Waals surface area contributed by atoms with E-state index < -0.39 is 11.7 Å². The summed E-state index contributed by atoms with van der Waals surface area (Å²) in [5.41, 5.74) is 0.315. The largest absolute Gasteiger partial charge is 0.491 e. The van der Waals surface area contributed by atoms with Crippen molar-refractivity contribution in [1.82, 2.24) is 9.97 Å². The van der Waals surface area contributed by atoms with E-state index in [9.17, 15) is 13.2 Å². The van der Waals surface area contributed by atoms with Gasteiger partial charge in [-0.05, 0) is 62.4 Å². The molecule has 3 aromatic rings. The van der Waals surface area contributed by atoms with Crippen LogP contribution in [0.1, 0.15) is 19.4 Å². The summed E-state index contributed by atoms with van der Waals surface area (Å²) in [6.07, 6.45) is -2.80. The van der Waals surface area contributed by atoms with Crippen LogP contribution in [-0.4, -0.2) is 16.1 Å². The molecule has 0 amide bonds. The summed E-state index contributed by atoms with van der Waals surface area (Å²) in [5, 5.41) is 5.91. The van der Waals surface area contributed by atoms with Gasteiger partial charge in [-0.25, -0.2) is 4.98 Å². The molecule has 0 aliphatic heterocycles. The molecule has 1 aromatic heterocycles. The number of alkyl halides is 3. The van der Waals surface area contributed by atoms with Crippen molar-refractivity contribution < 1.29 is 17.9 Å². The van der Waals surface area contributed by atoms with Crippen LogP contribution < -0.4 is 15.4 Å². The fourth-order valence-electron chi connectivity index (χ4n) is 2.43. The Morgan fingerprint density at radius 2 is 1.68 bits per heavy atom. The standard InChI is InChI=1S/C20H19F3N4O/c1-13(2)28-17-8-6-15(7-9-17)26-19-24-11-10-18(27-19)25-16-5-3-4-14(12-16)20(21,22)23/h3-13H,1-2H3,(H2,24,25,26,27). The average Bonchev–Trinajstić information content (AvgIpc) is 2.63. The first kappa shape index (κ1) is 19.5. The molecule has 146 valence electrons. The number of hydrogen-bond donors (Lipinski definition) is 2. The molecule has 28 heavy (non-hydrogen) atoms. The van der Waals surface area contributed by atoms with Crippen molar-refractivity contribution in [2.24, 2.45) is 0 Å². The van der Waals surface area contributed by atoms with Gasteiger partial charge in [0.25, 0.3) is 0 Å². The summed E-state index contributed by atoms with van der Waals surface area (Å²) in [6, 6.07) is 13.8. The Morgan fingerprint density at radius 1 is 0.929 bits per heavy atom. The van der Waals surface area contributed by atoms with Crippen molar-refractivity contribution in [2.45, 2.75) is 26.1 Å². The zero-order valence-electron chi connectivity index (χ0n) is 15.3. The number of aromatic nitrogens is 2. The van der Waals surface area contributed by atoms with E-state index in [2.05, 4.69) is 20.6 Å². The first-order valence-corrected chi connectivity index (χ1v) is 8.61. The predicted octanol–water partition coefficient (Wildman–Crippen LogP) is 5.77. The van der Waals surface area contributed by atoms with E-state index in [1.165, 1.54) is 18.3 Å². The van der Waals surface area contributed by atoms with Gasteiger partial charge >= 0.3 is 6.18 Å². The Kier molecular flexibility index (Phi) is 5.67. The van der Waals surface area contributed by atoms with Crippen molar-refractivity contribution in [3.8, 4) is 5.75 Å². The number of anilines is 4. The molecule has 1 heterocycles. The summed E-state index contributed by atoms with van der Waals surface area (Å²) in [6.45, 7) is 3.89. The van der Waals surface area contributed by atoms with Gasteiger partial charge in [-0.3, -0.25) is 0 Å². The molecule has 0 bridgehead atoms. The minimum Gasteiger partial charge on any atom is -0.491 e. The van der Waals surface area contributed by atoms with Crippen molar-refractivity contribution in [2.75, 3.05) is 10.6 Å². The molecule has 0 fully saturated rings. The molecule has 0 atom stereocenters. The lowest BCUT2D eigenvalue weighted by atomic mass is 10.2. The average molecular weight is 388 g/mol. The van der Waals surface area contributed by atoms with E-state index in [4.69, 9.17) is 4.74 Å². The van der Waals surface area contributed by atoms with Crippen LogP contribution in [0, 0.1) is 0 Å². The summed E-state index contributed by atoms with van der Waals surface area (Å²) in [5.74, 6) is 1.44. The molecular formula is C20H19F3N4O. The van der Waals surface area contributed by atoms with Crippen LogP contribution in [0.3, 0.4) is 0 Å². The van der Waals surface area contributed by atoms with E-state index in [-0.39, 0.29) is 11.8 Å². The maximum absolute atomic E-state index is 12.8. The van der Waals surface area contributed by atoms with Crippen LogP contribution in [0.15, 0.2) is 60.8 Å². The molecule has 5 nitrogen and oxygen atoms in total. The first-order valence-electron chi connectivity index (χ1n) is 8.61. The van der Waals surface area contributed by atoms with Crippen molar-refractivity contribution in [3.05, 3.63) is 66.4 Å². The molecule has 0 aliphatic rings. The van der Waals surface area contributed by atoms with Crippen LogP contribution in [-0.2, 0) is 6.18 Å². The number of nitrogens with one attached hydrogen (secondary N) is 2. The zero-order valence-corrected chi connectivity index (χ0v) is 15.3. The molecule has 8 heteroatoms. The summed E-state index contributed by atoms with van der Waals surface area (Å²) < 4.78 is 44.1. The second-order valence-electron chi connectivity index (χ2n) is 6.29. The van der Waals surface area contributed by atoms with Gasteiger partial charge in [0.2, 0.25) is 5.95 Å². The van der Waals surface area contributed by atoms with E-state index in [0.717, 1.165) is 23.6 Å². The van der Waals surface area contributed by atoms with Gasteiger partial charge in [0.15, 0.2) is 0 Å². The number of nitrogens with zero attached hydrogens (tertiary/aromatic N) is 2. The maximum Gasteiger partial charge on any atom is 0.416 e. The molecule has 0 spiro atoms. The summed E-state index contributed by atoms with van der Waals surface area (Å²) >= 11 is 0. The third-order valence-corrected chi connectivity index (χ3v) is 3.60. The molecule has 2 aromatic carbocycles. The number of ether oxygens (including phenoxy) is 1. The zero-order chi connectivity index (χ0) is 20.1. The van der Waals surface area contributed by atoms with Crippen LogP contribution in [0.25, 0.3) is 0 Å². The molecule has 2 N–H and O–H groups in total. The molecule has 3 rings (SSSR count). The topological polar surface area (TPSA) is 59.1 Å². The Hall–Kier alpha value is -3.29. The molecule has 0 saturated heterocycles. The molecule has 0 saturated carbocycles. The van der Waals surface area contributed by atoms with Gasteiger partial charge in [-0.15, -0.1) is 0 Å².